The molecule has 1 atom stereocenters. The number of halogens is 1. The topological polar surface area (TPSA) is 94.6 Å². The largest absolute Gasteiger partial charge is 0.497 e. The fourth-order valence-corrected chi connectivity index (χ4v) is 3.05. The summed E-state index contributed by atoms with van der Waals surface area (Å²) in [5.41, 5.74) is 1.82. The van der Waals surface area contributed by atoms with Crippen LogP contribution < -0.4 is 24.8 Å². The molecule has 166 valence electrons. The summed E-state index contributed by atoms with van der Waals surface area (Å²) in [5, 5.41) is 6.11. The summed E-state index contributed by atoms with van der Waals surface area (Å²) < 4.78 is 16.6. The number of nitrogens with one attached hydrogen (secondary N) is 2. The standard InChI is InChI=1S/C23H23ClN4O4/c1-5-21(29)27-20-8-6-7-19(24)22(20)28-23-25-12-18(13-26-23)32-14(2)15-9-16(30-3)11-17(10-15)31-4/h5-14H,1H2,2-4H3,(H,27,29)(H,25,26,28). The third kappa shape index (κ3) is 5.67. The van der Waals surface area contributed by atoms with E-state index in [0.29, 0.717) is 33.6 Å². The molecule has 0 aliphatic heterocycles. The van der Waals surface area contributed by atoms with E-state index in [1.54, 1.807) is 50.9 Å². The van der Waals surface area contributed by atoms with Crippen LogP contribution in [0.2, 0.25) is 5.02 Å². The second kappa shape index (κ2) is 10.5. The Morgan fingerprint density at radius 3 is 2.34 bits per heavy atom. The van der Waals surface area contributed by atoms with E-state index < -0.39 is 0 Å². The third-order valence-electron chi connectivity index (χ3n) is 4.48. The number of amides is 1. The number of benzene rings is 2. The quantitative estimate of drug-likeness (QED) is 0.431. The van der Waals surface area contributed by atoms with E-state index in [4.69, 9.17) is 25.8 Å². The maximum atomic E-state index is 11.7. The van der Waals surface area contributed by atoms with E-state index >= 15 is 0 Å². The number of nitrogens with zero attached hydrogens (tertiary/aromatic N) is 2. The molecular formula is C23H23ClN4O4. The number of carbonyl (C=O) groups is 1. The lowest BCUT2D eigenvalue weighted by Crippen LogP contribution is -2.10. The van der Waals surface area contributed by atoms with Gasteiger partial charge in [-0.15, -0.1) is 0 Å². The van der Waals surface area contributed by atoms with E-state index in [1.165, 1.54) is 6.08 Å². The van der Waals surface area contributed by atoms with Gasteiger partial charge < -0.3 is 24.8 Å². The fraction of sp³-hybridized carbons (Fsp3) is 0.174. The predicted molar refractivity (Wildman–Crippen MR) is 124 cm³/mol. The van der Waals surface area contributed by atoms with Crippen LogP contribution in [-0.2, 0) is 4.79 Å². The van der Waals surface area contributed by atoms with E-state index in [-0.39, 0.29) is 18.0 Å². The highest BCUT2D eigenvalue weighted by Gasteiger charge is 2.13. The van der Waals surface area contributed by atoms with Crippen LogP contribution in [0, 0.1) is 0 Å². The Morgan fingerprint density at radius 1 is 1.09 bits per heavy atom. The zero-order chi connectivity index (χ0) is 23.1. The third-order valence-corrected chi connectivity index (χ3v) is 4.79. The minimum absolute atomic E-state index is 0.287. The van der Waals surface area contributed by atoms with Crippen molar-refractivity contribution in [3.63, 3.8) is 0 Å². The van der Waals surface area contributed by atoms with Crippen molar-refractivity contribution in [2.75, 3.05) is 24.9 Å². The van der Waals surface area contributed by atoms with Crippen LogP contribution >= 0.6 is 11.6 Å². The summed E-state index contributed by atoms with van der Waals surface area (Å²) in [6.07, 6.45) is 3.96. The first kappa shape index (κ1) is 22.9. The van der Waals surface area contributed by atoms with E-state index in [2.05, 4.69) is 27.2 Å². The van der Waals surface area contributed by atoms with Crippen molar-refractivity contribution in [1.29, 1.82) is 0 Å². The van der Waals surface area contributed by atoms with Crippen molar-refractivity contribution in [3.8, 4) is 17.2 Å². The number of hydrogen-bond acceptors (Lipinski definition) is 7. The van der Waals surface area contributed by atoms with E-state index in [0.717, 1.165) is 5.56 Å². The van der Waals surface area contributed by atoms with Gasteiger partial charge in [0.25, 0.3) is 0 Å². The molecule has 0 fully saturated rings. The molecule has 1 unspecified atom stereocenters. The maximum Gasteiger partial charge on any atom is 0.247 e. The van der Waals surface area contributed by atoms with Crippen LogP contribution in [0.15, 0.2) is 61.4 Å². The van der Waals surface area contributed by atoms with Crippen molar-refractivity contribution < 1.29 is 19.0 Å². The summed E-state index contributed by atoms with van der Waals surface area (Å²) >= 11 is 6.28. The lowest BCUT2D eigenvalue weighted by Gasteiger charge is -2.17. The second-order valence-electron chi connectivity index (χ2n) is 6.63. The minimum atomic E-state index is -0.358. The van der Waals surface area contributed by atoms with Crippen LogP contribution in [0.5, 0.6) is 17.2 Å². The van der Waals surface area contributed by atoms with Crippen molar-refractivity contribution in [3.05, 3.63) is 72.0 Å². The minimum Gasteiger partial charge on any atom is -0.497 e. The number of hydrogen-bond donors (Lipinski definition) is 2. The number of ether oxygens (including phenoxy) is 3. The molecule has 0 aliphatic rings. The molecular weight excluding hydrogens is 432 g/mol. The van der Waals surface area contributed by atoms with Gasteiger partial charge in [0.1, 0.15) is 17.6 Å². The molecule has 9 heteroatoms. The molecule has 0 spiro atoms. The highest BCUT2D eigenvalue weighted by molar-refractivity contribution is 6.34. The van der Waals surface area contributed by atoms with E-state index in [9.17, 15) is 4.79 Å². The van der Waals surface area contributed by atoms with Gasteiger partial charge in [0.15, 0.2) is 5.75 Å². The number of aromatic nitrogens is 2. The highest BCUT2D eigenvalue weighted by atomic mass is 35.5. The van der Waals surface area contributed by atoms with Crippen LogP contribution in [0.1, 0.15) is 18.6 Å². The first-order valence-corrected chi connectivity index (χ1v) is 10.0. The Hall–Kier alpha value is -3.78. The van der Waals surface area contributed by atoms with Crippen LogP contribution in [-0.4, -0.2) is 30.1 Å². The molecule has 0 saturated heterocycles. The van der Waals surface area contributed by atoms with Gasteiger partial charge in [-0.2, -0.15) is 0 Å². The van der Waals surface area contributed by atoms with Gasteiger partial charge in [-0.1, -0.05) is 24.2 Å². The predicted octanol–water partition coefficient (Wildman–Crippen LogP) is 5.16. The van der Waals surface area contributed by atoms with Crippen molar-refractivity contribution in [1.82, 2.24) is 9.97 Å². The summed E-state index contributed by atoms with van der Waals surface area (Å²) in [4.78, 5) is 20.2. The molecule has 0 aliphatic carbocycles. The average molecular weight is 455 g/mol. The molecule has 0 saturated carbocycles. The first-order valence-electron chi connectivity index (χ1n) is 9.64. The number of methoxy groups -OCH3 is 2. The van der Waals surface area contributed by atoms with Gasteiger partial charge in [0.05, 0.1) is 43.0 Å². The van der Waals surface area contributed by atoms with Crippen LogP contribution in [0.25, 0.3) is 0 Å². The Bertz CT molecular complexity index is 1080. The van der Waals surface area contributed by atoms with Crippen molar-refractivity contribution >= 4 is 34.8 Å². The highest BCUT2D eigenvalue weighted by Crippen LogP contribution is 2.33. The summed E-state index contributed by atoms with van der Waals surface area (Å²) in [5.74, 6) is 1.75. The van der Waals surface area contributed by atoms with Crippen LogP contribution in [0.4, 0.5) is 17.3 Å². The lowest BCUT2D eigenvalue weighted by molar-refractivity contribution is -0.111. The molecule has 1 amide bonds. The normalized spacial score (nSPS) is 11.2. The molecule has 2 aromatic carbocycles. The van der Waals surface area contributed by atoms with Gasteiger partial charge in [0.2, 0.25) is 11.9 Å². The number of carbonyl (C=O) groups excluding carboxylic acids is 1. The van der Waals surface area contributed by atoms with Crippen LogP contribution in [0.3, 0.4) is 0 Å². The van der Waals surface area contributed by atoms with Gasteiger partial charge in [0, 0.05) is 6.07 Å². The van der Waals surface area contributed by atoms with Gasteiger partial charge in [-0.05, 0) is 42.8 Å². The Labute approximate surface area is 191 Å². The maximum absolute atomic E-state index is 11.7. The van der Waals surface area contributed by atoms with Crippen molar-refractivity contribution in [2.24, 2.45) is 0 Å². The average Bonchev–Trinajstić information content (AvgIpc) is 2.81. The number of rotatable bonds is 9. The molecule has 0 bridgehead atoms. The Kier molecular flexibility index (Phi) is 7.51. The Balaban J connectivity index is 1.74. The molecule has 3 aromatic rings. The molecule has 32 heavy (non-hydrogen) atoms. The number of anilines is 3. The SMILES string of the molecule is C=CC(=O)Nc1cccc(Cl)c1Nc1ncc(OC(C)c2cc(OC)cc(OC)c2)cn1. The monoisotopic (exact) mass is 454 g/mol. The van der Waals surface area contributed by atoms with Crippen molar-refractivity contribution in [2.45, 2.75) is 13.0 Å². The second-order valence-corrected chi connectivity index (χ2v) is 7.04. The molecule has 1 aromatic heterocycles. The summed E-state index contributed by atoms with van der Waals surface area (Å²) in [7, 11) is 3.19. The van der Waals surface area contributed by atoms with Gasteiger partial charge in [-0.25, -0.2) is 9.97 Å². The zero-order valence-corrected chi connectivity index (χ0v) is 18.6. The molecule has 2 N–H and O–H groups in total. The fourth-order valence-electron chi connectivity index (χ4n) is 2.83. The zero-order valence-electron chi connectivity index (χ0n) is 17.9. The number of para-hydroxylation sites is 1. The molecule has 3 rings (SSSR count). The van der Waals surface area contributed by atoms with Gasteiger partial charge >= 0.3 is 0 Å². The first-order chi connectivity index (χ1) is 15.4. The van der Waals surface area contributed by atoms with Gasteiger partial charge in [-0.3, -0.25) is 4.79 Å². The molecule has 8 nitrogen and oxygen atoms in total. The van der Waals surface area contributed by atoms with E-state index in [1.807, 2.05) is 19.1 Å². The smallest absolute Gasteiger partial charge is 0.247 e. The molecule has 1 heterocycles. The Morgan fingerprint density at radius 2 is 1.75 bits per heavy atom. The molecule has 0 radical (unpaired) electrons. The summed E-state index contributed by atoms with van der Waals surface area (Å²) in [6, 6.07) is 10.7. The summed E-state index contributed by atoms with van der Waals surface area (Å²) in [6.45, 7) is 5.35. The lowest BCUT2D eigenvalue weighted by atomic mass is 10.1.